The fourth-order valence-electron chi connectivity index (χ4n) is 1.65. The molecule has 0 spiro atoms. The third-order valence-electron chi connectivity index (χ3n) is 2.65. The maximum absolute atomic E-state index is 12.2. The van der Waals surface area contributed by atoms with Gasteiger partial charge in [-0.3, -0.25) is 4.79 Å². The Labute approximate surface area is 124 Å². The minimum absolute atomic E-state index is 0.182. The number of hydrogen-bond donors (Lipinski definition) is 2. The normalized spacial score (nSPS) is 11.6. The molecule has 0 saturated heterocycles. The summed E-state index contributed by atoms with van der Waals surface area (Å²) in [5, 5.41) is 11.6. The second-order valence-corrected chi connectivity index (χ2v) is 4.31. The van der Waals surface area contributed by atoms with Gasteiger partial charge in [-0.2, -0.15) is 0 Å². The molecular formula is C15H21NO5. The Morgan fingerprint density at radius 3 is 2.62 bits per heavy atom. The zero-order valence-electron chi connectivity index (χ0n) is 12.3. The highest BCUT2D eigenvalue weighted by atomic mass is 16.5. The van der Waals surface area contributed by atoms with Crippen LogP contribution in [0, 0.1) is 0 Å². The molecule has 1 rings (SSSR count). The van der Waals surface area contributed by atoms with E-state index < -0.39 is 24.5 Å². The molecule has 0 fully saturated rings. The summed E-state index contributed by atoms with van der Waals surface area (Å²) in [5.41, 5.74) is 0.314. The van der Waals surface area contributed by atoms with Gasteiger partial charge in [-0.1, -0.05) is 19.1 Å². The first kappa shape index (κ1) is 17.0. The van der Waals surface area contributed by atoms with Crippen LogP contribution in [-0.4, -0.2) is 42.8 Å². The first-order valence-electron chi connectivity index (χ1n) is 6.94. The van der Waals surface area contributed by atoms with Crippen LogP contribution in [0.25, 0.3) is 0 Å². The predicted molar refractivity (Wildman–Crippen MR) is 77.2 cm³/mol. The van der Waals surface area contributed by atoms with Gasteiger partial charge in [-0.25, -0.2) is 4.79 Å². The number of rotatable bonds is 8. The van der Waals surface area contributed by atoms with Crippen molar-refractivity contribution in [3.8, 4) is 5.75 Å². The van der Waals surface area contributed by atoms with E-state index in [9.17, 15) is 14.7 Å². The van der Waals surface area contributed by atoms with Crippen LogP contribution < -0.4 is 10.1 Å². The van der Waals surface area contributed by atoms with Gasteiger partial charge in [0, 0.05) is 0 Å². The van der Waals surface area contributed by atoms with Gasteiger partial charge in [0.25, 0.3) is 5.91 Å². The standard InChI is InChI=1S/C15H21NO5/c1-3-9-21-13-8-6-5-7-11(13)14(18)16-12(10-17)15(19)20-4-2/h5-8,12,17H,3-4,9-10H2,1-2H3,(H,16,18)/t12-/m0/s1. The Balaban J connectivity index is 2.80. The molecule has 6 heteroatoms. The third kappa shape index (κ3) is 5.07. The van der Waals surface area contributed by atoms with E-state index in [-0.39, 0.29) is 6.61 Å². The van der Waals surface area contributed by atoms with E-state index in [2.05, 4.69) is 5.32 Å². The molecule has 0 bridgehead atoms. The zero-order valence-corrected chi connectivity index (χ0v) is 12.3. The van der Waals surface area contributed by atoms with Crippen LogP contribution in [0.2, 0.25) is 0 Å². The average molecular weight is 295 g/mol. The van der Waals surface area contributed by atoms with Crippen molar-refractivity contribution in [1.82, 2.24) is 5.32 Å². The summed E-state index contributed by atoms with van der Waals surface area (Å²) in [6.45, 7) is 3.77. The number of benzene rings is 1. The topological polar surface area (TPSA) is 84.9 Å². The van der Waals surface area contributed by atoms with E-state index in [1.54, 1.807) is 31.2 Å². The Morgan fingerprint density at radius 2 is 2.00 bits per heavy atom. The lowest BCUT2D eigenvalue weighted by molar-refractivity contribution is -0.146. The van der Waals surface area contributed by atoms with E-state index in [4.69, 9.17) is 9.47 Å². The van der Waals surface area contributed by atoms with Crippen LogP contribution in [0.15, 0.2) is 24.3 Å². The molecule has 1 aromatic carbocycles. The number of carbonyl (C=O) groups is 2. The molecule has 6 nitrogen and oxygen atoms in total. The fraction of sp³-hybridized carbons (Fsp3) is 0.467. The number of hydrogen-bond acceptors (Lipinski definition) is 5. The fourth-order valence-corrected chi connectivity index (χ4v) is 1.65. The molecular weight excluding hydrogens is 274 g/mol. The van der Waals surface area contributed by atoms with Crippen molar-refractivity contribution in [2.75, 3.05) is 19.8 Å². The van der Waals surface area contributed by atoms with Gasteiger partial charge in [0.2, 0.25) is 0 Å². The SMILES string of the molecule is CCCOc1ccccc1C(=O)N[C@@H](CO)C(=O)OCC. The first-order valence-corrected chi connectivity index (χ1v) is 6.94. The van der Waals surface area contributed by atoms with Crippen molar-refractivity contribution < 1.29 is 24.2 Å². The Bertz CT molecular complexity index is 475. The minimum Gasteiger partial charge on any atom is -0.493 e. The molecule has 2 N–H and O–H groups in total. The zero-order chi connectivity index (χ0) is 15.7. The Kier molecular flexibility index (Phi) is 7.25. The number of para-hydroxylation sites is 1. The van der Waals surface area contributed by atoms with Crippen molar-refractivity contribution >= 4 is 11.9 Å². The van der Waals surface area contributed by atoms with Crippen molar-refractivity contribution in [2.45, 2.75) is 26.3 Å². The molecule has 21 heavy (non-hydrogen) atoms. The maximum atomic E-state index is 12.2. The lowest BCUT2D eigenvalue weighted by Crippen LogP contribution is -2.44. The van der Waals surface area contributed by atoms with Crippen LogP contribution in [0.3, 0.4) is 0 Å². The van der Waals surface area contributed by atoms with E-state index in [1.165, 1.54) is 0 Å². The third-order valence-corrected chi connectivity index (χ3v) is 2.65. The summed E-state index contributed by atoms with van der Waals surface area (Å²) in [7, 11) is 0. The van der Waals surface area contributed by atoms with E-state index in [0.29, 0.717) is 17.9 Å². The number of amides is 1. The van der Waals surface area contributed by atoms with E-state index >= 15 is 0 Å². The van der Waals surface area contributed by atoms with Crippen LogP contribution in [0.5, 0.6) is 5.75 Å². The molecule has 1 aromatic rings. The number of aliphatic hydroxyl groups excluding tert-OH is 1. The highest BCUT2D eigenvalue weighted by molar-refractivity contribution is 5.99. The highest BCUT2D eigenvalue weighted by Crippen LogP contribution is 2.18. The average Bonchev–Trinajstić information content (AvgIpc) is 2.50. The summed E-state index contributed by atoms with van der Waals surface area (Å²) in [6.07, 6.45) is 0.818. The molecule has 0 unspecified atom stereocenters. The molecule has 0 aromatic heterocycles. The van der Waals surface area contributed by atoms with Crippen molar-refractivity contribution in [3.63, 3.8) is 0 Å². The van der Waals surface area contributed by atoms with Gasteiger partial charge >= 0.3 is 5.97 Å². The molecule has 0 aliphatic rings. The lowest BCUT2D eigenvalue weighted by Gasteiger charge is -2.16. The summed E-state index contributed by atoms with van der Waals surface area (Å²) < 4.78 is 10.3. The van der Waals surface area contributed by atoms with Crippen LogP contribution in [0.1, 0.15) is 30.6 Å². The quantitative estimate of drug-likeness (QED) is 0.702. The predicted octanol–water partition coefficient (Wildman–Crippen LogP) is 1.13. The summed E-state index contributed by atoms with van der Waals surface area (Å²) in [4.78, 5) is 23.8. The molecule has 1 amide bonds. The molecule has 0 aliphatic heterocycles. The second-order valence-electron chi connectivity index (χ2n) is 4.31. The van der Waals surface area contributed by atoms with Gasteiger partial charge < -0.3 is 19.9 Å². The van der Waals surface area contributed by atoms with Gasteiger partial charge in [-0.15, -0.1) is 0 Å². The number of carbonyl (C=O) groups excluding carboxylic acids is 2. The van der Waals surface area contributed by atoms with E-state index in [1.807, 2.05) is 6.92 Å². The number of esters is 1. The smallest absolute Gasteiger partial charge is 0.331 e. The van der Waals surface area contributed by atoms with Crippen molar-refractivity contribution in [2.24, 2.45) is 0 Å². The second kappa shape index (κ2) is 8.97. The van der Waals surface area contributed by atoms with Crippen molar-refractivity contribution in [3.05, 3.63) is 29.8 Å². The van der Waals surface area contributed by atoms with Crippen LogP contribution in [0.4, 0.5) is 0 Å². The van der Waals surface area contributed by atoms with Gasteiger partial charge in [0.1, 0.15) is 5.75 Å². The maximum Gasteiger partial charge on any atom is 0.331 e. The summed E-state index contributed by atoms with van der Waals surface area (Å²) >= 11 is 0. The molecule has 0 radical (unpaired) electrons. The summed E-state index contributed by atoms with van der Waals surface area (Å²) in [5.74, 6) is -0.716. The monoisotopic (exact) mass is 295 g/mol. The Hall–Kier alpha value is -2.08. The first-order chi connectivity index (χ1) is 10.1. The number of ether oxygens (including phenoxy) is 2. The van der Waals surface area contributed by atoms with Gasteiger partial charge in [0.05, 0.1) is 25.4 Å². The number of aliphatic hydroxyl groups is 1. The van der Waals surface area contributed by atoms with Gasteiger partial charge in [0.15, 0.2) is 6.04 Å². The molecule has 116 valence electrons. The number of nitrogens with one attached hydrogen (secondary N) is 1. The highest BCUT2D eigenvalue weighted by Gasteiger charge is 2.23. The largest absolute Gasteiger partial charge is 0.493 e. The van der Waals surface area contributed by atoms with Crippen molar-refractivity contribution in [1.29, 1.82) is 0 Å². The van der Waals surface area contributed by atoms with Crippen LogP contribution in [-0.2, 0) is 9.53 Å². The Morgan fingerprint density at radius 1 is 1.29 bits per heavy atom. The lowest BCUT2D eigenvalue weighted by atomic mass is 10.1. The van der Waals surface area contributed by atoms with Gasteiger partial charge in [-0.05, 0) is 25.5 Å². The molecule has 0 aliphatic carbocycles. The minimum atomic E-state index is -1.09. The van der Waals surface area contributed by atoms with E-state index in [0.717, 1.165) is 6.42 Å². The molecule has 0 saturated carbocycles. The summed E-state index contributed by atoms with van der Waals surface area (Å²) in [6, 6.07) is 5.66. The molecule has 0 heterocycles. The van der Waals surface area contributed by atoms with Crippen LogP contribution >= 0.6 is 0 Å². The molecule has 1 atom stereocenters.